The van der Waals surface area contributed by atoms with Crippen LogP contribution < -0.4 is 15.8 Å². The number of anilines is 2. The Balaban J connectivity index is 1.23. The Kier molecular flexibility index (Phi) is 6.03. The molecule has 0 unspecified atom stereocenters. The van der Waals surface area contributed by atoms with E-state index in [1.165, 1.54) is 23.7 Å². The largest absolute Gasteiger partial charge is 0.355 e. The quantitative estimate of drug-likeness (QED) is 0.494. The van der Waals surface area contributed by atoms with Gasteiger partial charge in [0.1, 0.15) is 6.54 Å². The van der Waals surface area contributed by atoms with Gasteiger partial charge < -0.3 is 10.2 Å². The van der Waals surface area contributed by atoms with Crippen LogP contribution in [0, 0.1) is 5.92 Å². The Labute approximate surface area is 197 Å². The molecule has 0 saturated carbocycles. The molecule has 0 atom stereocenters. The van der Waals surface area contributed by atoms with Crippen LogP contribution in [0.4, 0.5) is 11.5 Å². The van der Waals surface area contributed by atoms with Crippen molar-refractivity contribution in [3.8, 4) is 11.3 Å². The van der Waals surface area contributed by atoms with Gasteiger partial charge in [0.05, 0.1) is 22.9 Å². The van der Waals surface area contributed by atoms with E-state index in [-0.39, 0.29) is 18.0 Å². The number of nitrogens with zero attached hydrogens (tertiary/aromatic N) is 5. The number of nitrogens with one attached hydrogen (secondary N) is 1. The third-order valence-electron chi connectivity index (χ3n) is 6.27. The fraction of sp³-hybridized carbons (Fsp3) is 0.269. The predicted molar refractivity (Wildman–Crippen MR) is 133 cm³/mol. The van der Waals surface area contributed by atoms with E-state index < -0.39 is 0 Å². The summed E-state index contributed by atoms with van der Waals surface area (Å²) in [5.74, 6) is 1.39. The highest BCUT2D eigenvalue weighted by Crippen LogP contribution is 2.24. The van der Waals surface area contributed by atoms with E-state index in [2.05, 4.69) is 32.3 Å². The minimum absolute atomic E-state index is 0.110. The first-order valence-corrected chi connectivity index (χ1v) is 11.5. The molecule has 8 nitrogen and oxygen atoms in total. The summed E-state index contributed by atoms with van der Waals surface area (Å²) in [6, 6.07) is 18.5. The number of carbonyl (C=O) groups excluding carboxylic acids is 1. The van der Waals surface area contributed by atoms with Crippen LogP contribution in [0.1, 0.15) is 19.8 Å². The maximum atomic E-state index is 12.6. The van der Waals surface area contributed by atoms with Crippen LogP contribution in [0.5, 0.6) is 0 Å². The van der Waals surface area contributed by atoms with Crippen molar-refractivity contribution in [1.82, 2.24) is 19.7 Å². The van der Waals surface area contributed by atoms with Gasteiger partial charge in [-0.2, -0.15) is 0 Å². The summed E-state index contributed by atoms with van der Waals surface area (Å²) in [5.41, 5.74) is 2.71. The standard InChI is InChI=1S/C26H26N6O2/c1-18-12-14-31(15-13-18)24-11-10-22(29-30-24)19-6-8-20(9-7-19)28-25(33)16-32-17-27-23-5-3-2-4-21(23)26(32)34/h2-11,17-18H,12-16H2,1H3,(H,28,33). The fourth-order valence-corrected chi connectivity index (χ4v) is 4.18. The van der Waals surface area contributed by atoms with Gasteiger partial charge in [0.2, 0.25) is 5.91 Å². The van der Waals surface area contributed by atoms with E-state index in [0.29, 0.717) is 16.6 Å². The Morgan fingerprint density at radius 3 is 2.50 bits per heavy atom. The zero-order chi connectivity index (χ0) is 23.5. The van der Waals surface area contributed by atoms with Crippen LogP contribution >= 0.6 is 0 Å². The summed E-state index contributed by atoms with van der Waals surface area (Å²) in [4.78, 5) is 31.6. The van der Waals surface area contributed by atoms with Gasteiger partial charge >= 0.3 is 0 Å². The smallest absolute Gasteiger partial charge is 0.261 e. The van der Waals surface area contributed by atoms with Crippen molar-refractivity contribution in [1.29, 1.82) is 0 Å². The number of aromatic nitrogens is 4. The molecule has 34 heavy (non-hydrogen) atoms. The number of fused-ring (bicyclic) bond motifs is 1. The molecule has 1 aliphatic heterocycles. The molecule has 1 N–H and O–H groups in total. The van der Waals surface area contributed by atoms with Gasteiger partial charge in [-0.15, -0.1) is 10.2 Å². The molecule has 1 aliphatic rings. The first-order chi connectivity index (χ1) is 16.6. The van der Waals surface area contributed by atoms with Crippen LogP contribution in [0.2, 0.25) is 0 Å². The monoisotopic (exact) mass is 454 g/mol. The van der Waals surface area contributed by atoms with Gasteiger partial charge in [0, 0.05) is 24.3 Å². The molecule has 0 spiro atoms. The average molecular weight is 455 g/mol. The lowest BCUT2D eigenvalue weighted by Gasteiger charge is -2.30. The van der Waals surface area contributed by atoms with Crippen LogP contribution in [0.15, 0.2) is 71.8 Å². The normalized spacial score (nSPS) is 14.3. The van der Waals surface area contributed by atoms with Crippen LogP contribution in [0.25, 0.3) is 22.2 Å². The van der Waals surface area contributed by atoms with Gasteiger partial charge in [-0.25, -0.2) is 4.98 Å². The molecule has 5 rings (SSSR count). The van der Waals surface area contributed by atoms with Crippen molar-refractivity contribution in [2.75, 3.05) is 23.3 Å². The number of rotatable bonds is 5. The second kappa shape index (κ2) is 9.43. The van der Waals surface area contributed by atoms with E-state index in [0.717, 1.165) is 36.1 Å². The van der Waals surface area contributed by atoms with Gasteiger partial charge in [-0.3, -0.25) is 14.2 Å². The topological polar surface area (TPSA) is 93.0 Å². The second-order valence-corrected chi connectivity index (χ2v) is 8.77. The zero-order valence-electron chi connectivity index (χ0n) is 19.0. The van der Waals surface area contributed by atoms with Crippen LogP contribution in [-0.2, 0) is 11.3 Å². The molecule has 172 valence electrons. The number of amides is 1. The Morgan fingerprint density at radius 2 is 1.76 bits per heavy atom. The highest BCUT2D eigenvalue weighted by Gasteiger charge is 2.17. The minimum atomic E-state index is -0.299. The summed E-state index contributed by atoms with van der Waals surface area (Å²) >= 11 is 0. The number of para-hydroxylation sites is 1. The van der Waals surface area contributed by atoms with Crippen molar-refractivity contribution >= 4 is 28.3 Å². The molecule has 1 amide bonds. The number of benzene rings is 2. The molecule has 0 bridgehead atoms. The number of hydrogen-bond acceptors (Lipinski definition) is 6. The first-order valence-electron chi connectivity index (χ1n) is 11.5. The third kappa shape index (κ3) is 4.66. The molecule has 0 aliphatic carbocycles. The third-order valence-corrected chi connectivity index (χ3v) is 6.27. The molecule has 3 heterocycles. The van der Waals surface area contributed by atoms with E-state index in [1.54, 1.807) is 18.2 Å². The van der Waals surface area contributed by atoms with Crippen molar-refractivity contribution in [3.63, 3.8) is 0 Å². The van der Waals surface area contributed by atoms with Crippen molar-refractivity contribution in [2.45, 2.75) is 26.3 Å². The number of hydrogen-bond donors (Lipinski definition) is 1. The zero-order valence-corrected chi connectivity index (χ0v) is 19.0. The lowest BCUT2D eigenvalue weighted by molar-refractivity contribution is -0.116. The van der Waals surface area contributed by atoms with Crippen molar-refractivity contribution in [3.05, 3.63) is 77.3 Å². The summed E-state index contributed by atoms with van der Waals surface area (Å²) < 4.78 is 1.31. The first kappa shape index (κ1) is 21.8. The highest BCUT2D eigenvalue weighted by atomic mass is 16.2. The summed E-state index contributed by atoms with van der Waals surface area (Å²) in [5, 5.41) is 12.1. The van der Waals surface area contributed by atoms with Crippen molar-refractivity contribution in [2.24, 2.45) is 5.92 Å². The van der Waals surface area contributed by atoms with Crippen molar-refractivity contribution < 1.29 is 4.79 Å². The summed E-state index contributed by atoms with van der Waals surface area (Å²) in [6.45, 7) is 4.22. The van der Waals surface area contributed by atoms with E-state index >= 15 is 0 Å². The molecule has 1 fully saturated rings. The van der Waals surface area contributed by atoms with Gasteiger partial charge in [-0.1, -0.05) is 31.2 Å². The SMILES string of the molecule is CC1CCN(c2ccc(-c3ccc(NC(=O)Cn4cnc5ccccc5c4=O)cc3)nn2)CC1. The van der Waals surface area contributed by atoms with Crippen LogP contribution in [0.3, 0.4) is 0 Å². The maximum Gasteiger partial charge on any atom is 0.261 e. The molecule has 8 heteroatoms. The predicted octanol–water partition coefficient (Wildman–Crippen LogP) is 3.73. The Bertz CT molecular complexity index is 1360. The average Bonchev–Trinajstić information content (AvgIpc) is 2.87. The molecule has 4 aromatic rings. The van der Waals surface area contributed by atoms with Gasteiger partial charge in [-0.05, 0) is 55.2 Å². The summed E-state index contributed by atoms with van der Waals surface area (Å²) in [6.07, 6.45) is 3.77. The maximum absolute atomic E-state index is 12.6. The molecule has 2 aromatic heterocycles. The lowest BCUT2D eigenvalue weighted by atomic mass is 9.99. The van der Waals surface area contributed by atoms with E-state index in [1.807, 2.05) is 42.5 Å². The molecule has 2 aromatic carbocycles. The Hall–Kier alpha value is -4.07. The van der Waals surface area contributed by atoms with E-state index in [9.17, 15) is 9.59 Å². The van der Waals surface area contributed by atoms with Crippen LogP contribution in [-0.4, -0.2) is 38.7 Å². The second-order valence-electron chi connectivity index (χ2n) is 8.77. The molecular weight excluding hydrogens is 428 g/mol. The summed E-state index contributed by atoms with van der Waals surface area (Å²) in [7, 11) is 0. The fourth-order valence-electron chi connectivity index (χ4n) is 4.18. The highest BCUT2D eigenvalue weighted by molar-refractivity contribution is 5.91. The number of carbonyl (C=O) groups is 1. The minimum Gasteiger partial charge on any atom is -0.355 e. The molecule has 0 radical (unpaired) electrons. The molecular formula is C26H26N6O2. The van der Waals surface area contributed by atoms with E-state index in [4.69, 9.17) is 0 Å². The van der Waals surface area contributed by atoms with Gasteiger partial charge in [0.15, 0.2) is 5.82 Å². The molecule has 1 saturated heterocycles. The number of piperidine rings is 1. The lowest BCUT2D eigenvalue weighted by Crippen LogP contribution is -2.33. The van der Waals surface area contributed by atoms with Gasteiger partial charge in [0.25, 0.3) is 5.56 Å². The Morgan fingerprint density at radius 1 is 1.00 bits per heavy atom.